The zero-order valence-corrected chi connectivity index (χ0v) is 25.8. The van der Waals surface area contributed by atoms with Crippen LogP contribution in [0, 0.1) is 5.92 Å². The van der Waals surface area contributed by atoms with Crippen LogP contribution in [0.3, 0.4) is 0 Å². The highest BCUT2D eigenvalue weighted by Crippen LogP contribution is 2.37. The van der Waals surface area contributed by atoms with Crippen molar-refractivity contribution < 1.29 is 14.0 Å². The minimum Gasteiger partial charge on any atom is -0.401 e. The van der Waals surface area contributed by atoms with E-state index >= 15 is 0 Å². The second kappa shape index (κ2) is 13.6. The molecule has 4 nitrogen and oxygen atoms in total. The SMILES string of the molecule is C=C/C(C)=C/C[C@@H]1O[C@H](C)[C@H](NC(=O)/C=C\[C@H](C)O[Si](c2ccccc2)(c2ccccc2)C(C)(C)C)C[C@@H]1C. The molecule has 5 heteroatoms. The van der Waals surface area contributed by atoms with E-state index in [9.17, 15) is 4.79 Å². The van der Waals surface area contributed by atoms with E-state index in [4.69, 9.17) is 9.16 Å². The van der Waals surface area contributed by atoms with Gasteiger partial charge in [-0.05, 0) is 54.9 Å². The molecule has 0 bridgehead atoms. The average molecular weight is 546 g/mol. The van der Waals surface area contributed by atoms with Crippen molar-refractivity contribution in [2.75, 3.05) is 0 Å². The molecular weight excluding hydrogens is 498 g/mol. The predicted octanol–water partition coefficient (Wildman–Crippen LogP) is 6.33. The molecule has 1 heterocycles. The average Bonchev–Trinajstić information content (AvgIpc) is 2.91. The normalized spacial score (nSPS) is 23.4. The Morgan fingerprint density at radius 1 is 1.10 bits per heavy atom. The van der Waals surface area contributed by atoms with Crippen LogP contribution >= 0.6 is 0 Å². The van der Waals surface area contributed by atoms with E-state index in [1.165, 1.54) is 10.4 Å². The molecular formula is C34H47NO3Si. The van der Waals surface area contributed by atoms with E-state index in [-0.39, 0.29) is 35.3 Å². The van der Waals surface area contributed by atoms with Crippen LogP contribution in [0.5, 0.6) is 0 Å². The lowest BCUT2D eigenvalue weighted by molar-refractivity contribution is -0.123. The van der Waals surface area contributed by atoms with E-state index in [0.717, 1.165) is 18.4 Å². The molecule has 3 rings (SSSR count). The Bertz CT molecular complexity index is 1100. The third-order valence-electron chi connectivity index (χ3n) is 7.84. The highest BCUT2D eigenvalue weighted by molar-refractivity contribution is 6.99. The lowest BCUT2D eigenvalue weighted by atomic mass is 9.88. The minimum atomic E-state index is -2.69. The Labute approximate surface area is 237 Å². The Hall–Kier alpha value is -2.73. The summed E-state index contributed by atoms with van der Waals surface area (Å²) in [5.74, 6) is 0.239. The first kappa shape index (κ1) is 30.8. The second-order valence-electron chi connectivity index (χ2n) is 11.9. The molecule has 2 aromatic carbocycles. The van der Waals surface area contributed by atoms with Crippen LogP contribution in [0.2, 0.25) is 5.04 Å². The van der Waals surface area contributed by atoms with Gasteiger partial charge in [0.25, 0.3) is 8.32 Å². The van der Waals surface area contributed by atoms with Gasteiger partial charge in [0.1, 0.15) is 0 Å². The summed E-state index contributed by atoms with van der Waals surface area (Å²) < 4.78 is 13.4. The number of carbonyl (C=O) groups is 1. The van der Waals surface area contributed by atoms with Crippen molar-refractivity contribution in [3.63, 3.8) is 0 Å². The molecule has 1 aliphatic rings. The first-order valence-corrected chi connectivity index (χ1v) is 16.1. The van der Waals surface area contributed by atoms with Crippen LogP contribution in [0.25, 0.3) is 0 Å². The number of allylic oxidation sites excluding steroid dienone is 2. The largest absolute Gasteiger partial charge is 0.401 e. The molecule has 1 aliphatic heterocycles. The molecule has 1 saturated heterocycles. The summed E-state index contributed by atoms with van der Waals surface area (Å²) in [4.78, 5) is 13.0. The van der Waals surface area contributed by atoms with E-state index in [0.29, 0.717) is 5.92 Å². The van der Waals surface area contributed by atoms with Crippen LogP contribution in [-0.2, 0) is 14.0 Å². The number of ether oxygens (including phenoxy) is 1. The van der Waals surface area contributed by atoms with E-state index in [2.05, 4.69) is 101 Å². The molecule has 0 saturated carbocycles. The summed E-state index contributed by atoms with van der Waals surface area (Å²) in [7, 11) is -2.69. The van der Waals surface area contributed by atoms with Crippen molar-refractivity contribution in [3.8, 4) is 0 Å². The quantitative estimate of drug-likeness (QED) is 0.216. The van der Waals surface area contributed by atoms with E-state index < -0.39 is 8.32 Å². The van der Waals surface area contributed by atoms with Gasteiger partial charge in [-0.2, -0.15) is 0 Å². The molecule has 0 radical (unpaired) electrons. The van der Waals surface area contributed by atoms with Gasteiger partial charge in [-0.25, -0.2) is 0 Å². The number of benzene rings is 2. The van der Waals surface area contributed by atoms with Crippen LogP contribution in [-0.4, -0.2) is 38.6 Å². The molecule has 0 aromatic heterocycles. The van der Waals surface area contributed by atoms with Crippen molar-refractivity contribution in [1.29, 1.82) is 0 Å². The molecule has 0 aliphatic carbocycles. The second-order valence-corrected chi connectivity index (χ2v) is 16.2. The van der Waals surface area contributed by atoms with Crippen molar-refractivity contribution in [1.82, 2.24) is 5.32 Å². The van der Waals surface area contributed by atoms with Crippen LogP contribution in [0.1, 0.15) is 61.3 Å². The lowest BCUT2D eigenvalue weighted by Crippen LogP contribution is -2.67. The molecule has 1 N–H and O–H groups in total. The molecule has 1 amide bonds. The summed E-state index contributed by atoms with van der Waals surface area (Å²) in [5, 5.41) is 5.51. The van der Waals surface area contributed by atoms with Crippen molar-refractivity contribution >= 4 is 24.6 Å². The monoisotopic (exact) mass is 545 g/mol. The van der Waals surface area contributed by atoms with E-state index in [1.807, 2.05) is 38.1 Å². The zero-order chi connectivity index (χ0) is 28.6. The maximum Gasteiger partial charge on any atom is 0.261 e. The predicted molar refractivity (Wildman–Crippen MR) is 166 cm³/mol. The smallest absolute Gasteiger partial charge is 0.261 e. The fourth-order valence-electron chi connectivity index (χ4n) is 5.56. The molecule has 2 aromatic rings. The van der Waals surface area contributed by atoms with Gasteiger partial charge in [0.15, 0.2) is 0 Å². The highest BCUT2D eigenvalue weighted by Gasteiger charge is 2.50. The first-order chi connectivity index (χ1) is 18.5. The van der Waals surface area contributed by atoms with Gasteiger partial charge >= 0.3 is 0 Å². The number of nitrogens with one attached hydrogen (secondary N) is 1. The van der Waals surface area contributed by atoms with Gasteiger partial charge in [-0.1, -0.05) is 119 Å². The molecule has 0 spiro atoms. The van der Waals surface area contributed by atoms with Gasteiger partial charge in [-0.3, -0.25) is 4.79 Å². The number of amides is 1. The Morgan fingerprint density at radius 3 is 2.18 bits per heavy atom. The molecule has 39 heavy (non-hydrogen) atoms. The maximum absolute atomic E-state index is 13.0. The maximum atomic E-state index is 13.0. The van der Waals surface area contributed by atoms with E-state index in [1.54, 1.807) is 6.08 Å². The van der Waals surface area contributed by atoms with Gasteiger partial charge in [0.05, 0.1) is 24.4 Å². The molecule has 1 fully saturated rings. The molecule has 210 valence electrons. The Balaban J connectivity index is 1.72. The molecule has 5 atom stereocenters. The topological polar surface area (TPSA) is 47.6 Å². The number of carbonyl (C=O) groups excluding carboxylic acids is 1. The van der Waals surface area contributed by atoms with Crippen LogP contribution < -0.4 is 15.7 Å². The van der Waals surface area contributed by atoms with Gasteiger partial charge in [0, 0.05) is 6.08 Å². The zero-order valence-electron chi connectivity index (χ0n) is 24.8. The summed E-state index contributed by atoms with van der Waals surface area (Å²) in [5.41, 5.74) is 1.16. The highest BCUT2D eigenvalue weighted by atomic mass is 28.4. The summed E-state index contributed by atoms with van der Waals surface area (Å²) in [6, 6.07) is 21.1. The fourth-order valence-corrected chi connectivity index (χ4v) is 10.2. The summed E-state index contributed by atoms with van der Waals surface area (Å²) in [6.07, 6.45) is 9.16. The first-order valence-electron chi connectivity index (χ1n) is 14.2. The minimum absolute atomic E-state index is 0.0224. The third kappa shape index (κ3) is 7.68. The fraction of sp³-hybridized carbons (Fsp3) is 0.441. The number of hydrogen-bond donors (Lipinski definition) is 1. The summed E-state index contributed by atoms with van der Waals surface area (Å²) >= 11 is 0. The summed E-state index contributed by atoms with van der Waals surface area (Å²) in [6.45, 7) is 18.9. The number of hydrogen-bond acceptors (Lipinski definition) is 3. The van der Waals surface area contributed by atoms with Crippen LogP contribution in [0.4, 0.5) is 0 Å². The standard InChI is InChI=1S/C34H47NO3Si/c1-9-25(2)20-22-32-26(3)24-31(28(5)37-32)35-33(36)23-21-27(4)38-39(34(6,7)8,29-16-12-10-13-17-29)30-18-14-11-15-19-30/h9-21,23,26-28,31-32H,1,22,24H2,2-8H3,(H,35,36)/b23-21-,25-20+/t26-,27-,28+,31+,32-/m0/s1. The van der Waals surface area contributed by atoms with Crippen molar-refractivity contribution in [3.05, 3.63) is 97.1 Å². The van der Waals surface area contributed by atoms with Crippen LogP contribution in [0.15, 0.2) is 97.1 Å². The van der Waals surface area contributed by atoms with Gasteiger partial charge in [0.2, 0.25) is 5.91 Å². The number of rotatable bonds is 10. The van der Waals surface area contributed by atoms with Crippen molar-refractivity contribution in [2.45, 2.75) is 90.7 Å². The van der Waals surface area contributed by atoms with Gasteiger partial charge < -0.3 is 14.5 Å². The molecule has 0 unspecified atom stereocenters. The third-order valence-corrected chi connectivity index (χ3v) is 13.0. The van der Waals surface area contributed by atoms with Gasteiger partial charge in [-0.15, -0.1) is 0 Å². The van der Waals surface area contributed by atoms with Crippen molar-refractivity contribution in [2.24, 2.45) is 5.92 Å². The Morgan fingerprint density at radius 2 is 1.67 bits per heavy atom. The lowest BCUT2D eigenvalue weighted by Gasteiger charge is -2.44. The Kier molecular flexibility index (Phi) is 10.7.